The van der Waals surface area contributed by atoms with E-state index >= 15 is 0 Å². The van der Waals surface area contributed by atoms with Gasteiger partial charge in [-0.2, -0.15) is 0 Å². The lowest BCUT2D eigenvalue weighted by atomic mass is 10.1. The smallest absolute Gasteiger partial charge is 0.360 e. The minimum Gasteiger partial charge on any atom is -0.464 e. The van der Waals surface area contributed by atoms with Gasteiger partial charge in [0.15, 0.2) is 5.69 Å². The topological polar surface area (TPSA) is 117 Å². The molecule has 1 saturated carbocycles. The van der Waals surface area contributed by atoms with Crippen molar-refractivity contribution < 1.29 is 26.8 Å². The zero-order valence-electron chi connectivity index (χ0n) is 24.9. The monoisotopic (exact) mass is 643 g/mol. The van der Waals surface area contributed by atoms with Crippen LogP contribution in [0.2, 0.25) is 0 Å². The van der Waals surface area contributed by atoms with E-state index in [1.54, 1.807) is 24.3 Å². The zero-order valence-corrected chi connectivity index (χ0v) is 26.5. The fourth-order valence-corrected chi connectivity index (χ4v) is 6.56. The summed E-state index contributed by atoms with van der Waals surface area (Å²) in [6.07, 6.45) is 2.85. The van der Waals surface area contributed by atoms with E-state index < -0.39 is 26.7 Å². The summed E-state index contributed by atoms with van der Waals surface area (Å²) in [5, 5.41) is 5.20. The molecule has 1 fully saturated rings. The molecule has 2 N–H and O–H groups in total. The molecule has 0 aliphatic heterocycles. The summed E-state index contributed by atoms with van der Waals surface area (Å²) in [6.45, 7) is 3.93. The van der Waals surface area contributed by atoms with E-state index in [1.807, 2.05) is 49.4 Å². The third-order valence-electron chi connectivity index (χ3n) is 7.67. The Hall–Kier alpha value is -4.50. The highest BCUT2D eigenvalue weighted by Gasteiger charge is 2.30. The number of benzene rings is 2. The van der Waals surface area contributed by atoms with Gasteiger partial charge in [-0.1, -0.05) is 30.0 Å². The summed E-state index contributed by atoms with van der Waals surface area (Å²) < 4.78 is 51.6. The predicted molar refractivity (Wildman–Crippen MR) is 170 cm³/mol. The van der Waals surface area contributed by atoms with Gasteiger partial charge in [0.1, 0.15) is 16.5 Å². The predicted octanol–water partition coefficient (Wildman–Crippen LogP) is 6.46. The second-order valence-electron chi connectivity index (χ2n) is 11.1. The number of oxazole rings is 1. The van der Waals surface area contributed by atoms with E-state index in [4.69, 9.17) is 14.3 Å². The zero-order chi connectivity index (χ0) is 31.9. The number of carbonyl (C=O) groups excluding carboxylic acids is 1. The van der Waals surface area contributed by atoms with E-state index in [0.29, 0.717) is 29.2 Å². The number of hydrogen-bond acceptors (Lipinski definition) is 7. The number of sulfonamides is 1. The summed E-state index contributed by atoms with van der Waals surface area (Å²) in [6, 6.07) is 17.8. The van der Waals surface area contributed by atoms with E-state index in [-0.39, 0.29) is 18.1 Å². The van der Waals surface area contributed by atoms with E-state index in [0.717, 1.165) is 40.2 Å². The van der Waals surface area contributed by atoms with E-state index in [9.17, 15) is 17.6 Å². The quantitative estimate of drug-likeness (QED) is 0.153. The van der Waals surface area contributed by atoms with Crippen LogP contribution in [0.4, 0.5) is 4.39 Å². The van der Waals surface area contributed by atoms with Crippen molar-refractivity contribution in [2.24, 2.45) is 11.1 Å². The number of hydrogen-bond donors (Lipinski definition) is 1. The van der Waals surface area contributed by atoms with Crippen LogP contribution in [-0.4, -0.2) is 31.0 Å². The average Bonchev–Trinajstić information content (AvgIpc) is 3.43. The number of rotatable bonds is 8. The Labute approximate surface area is 264 Å². The summed E-state index contributed by atoms with van der Waals surface area (Å²) in [4.78, 5) is 18.5. The van der Waals surface area contributed by atoms with Crippen LogP contribution >= 0.6 is 11.3 Å². The number of aryl methyl sites for hydroxylation is 2. The third kappa shape index (κ3) is 6.63. The Morgan fingerprint density at radius 3 is 2.60 bits per heavy atom. The van der Waals surface area contributed by atoms with Crippen molar-refractivity contribution in [3.05, 3.63) is 105 Å². The van der Waals surface area contributed by atoms with Crippen molar-refractivity contribution in [1.82, 2.24) is 9.55 Å². The lowest BCUT2D eigenvalue weighted by Gasteiger charge is -2.15. The molecule has 11 heteroatoms. The number of carbonyl (C=O) groups is 1. The van der Waals surface area contributed by atoms with Gasteiger partial charge in [0.05, 0.1) is 17.6 Å². The van der Waals surface area contributed by atoms with Gasteiger partial charge in [0.2, 0.25) is 15.9 Å². The molecule has 230 valence electrons. The molecule has 0 atom stereocenters. The number of nitrogens with zero attached hydrogens (tertiary/aromatic N) is 2. The molecule has 0 radical (unpaired) electrons. The number of nitrogens with two attached hydrogens (primary N) is 1. The highest BCUT2D eigenvalue weighted by Crippen LogP contribution is 2.40. The van der Waals surface area contributed by atoms with Gasteiger partial charge in [0, 0.05) is 28.4 Å². The number of ether oxygens (including phenoxy) is 1. The molecule has 5 aromatic rings. The lowest BCUT2D eigenvalue weighted by molar-refractivity contribution is 0.0593. The van der Waals surface area contributed by atoms with Crippen molar-refractivity contribution in [3.8, 4) is 34.6 Å². The van der Waals surface area contributed by atoms with Crippen LogP contribution in [0.3, 0.4) is 0 Å². The standard InChI is InChI=1S/C34H30FN3O5S2/c1-20-7-12-26(44-20)13-10-22-5-4-6-25(15-22)29-18-27(33-37-32(21(2)43-33)34(39)42-3)30(17-23-8-9-23)38(29)19-24-11-14-31(28(35)16-24)45(36,40)41/h4-7,11-12,14-16,18,23H,8-9,17,19H2,1-3H3,(H2,36,40,41). The van der Waals surface area contributed by atoms with Crippen molar-refractivity contribution in [1.29, 1.82) is 0 Å². The fourth-order valence-electron chi connectivity index (χ4n) is 5.25. The molecular formula is C34H30FN3O5S2. The third-order valence-corrected chi connectivity index (χ3v) is 9.53. The molecule has 8 nitrogen and oxygen atoms in total. The first kappa shape index (κ1) is 30.5. The maximum Gasteiger partial charge on any atom is 0.360 e. The van der Waals surface area contributed by atoms with Crippen LogP contribution < -0.4 is 5.14 Å². The molecule has 1 aliphatic rings. The normalized spacial score (nSPS) is 13.0. The largest absolute Gasteiger partial charge is 0.464 e. The average molecular weight is 644 g/mol. The number of methoxy groups -OCH3 is 1. The Kier molecular flexibility index (Phi) is 8.22. The molecule has 1 aliphatic carbocycles. The van der Waals surface area contributed by atoms with Crippen LogP contribution in [0.15, 0.2) is 70.0 Å². The maximum atomic E-state index is 14.9. The Bertz CT molecular complexity index is 2110. The number of primary sulfonamides is 1. The second kappa shape index (κ2) is 12.1. The van der Waals surface area contributed by atoms with Crippen LogP contribution in [-0.2, 0) is 27.7 Å². The molecule has 3 heterocycles. The number of thiophene rings is 1. The summed E-state index contributed by atoms with van der Waals surface area (Å²) in [5.41, 5.74) is 4.76. The van der Waals surface area contributed by atoms with Crippen molar-refractivity contribution in [2.45, 2.75) is 44.6 Å². The van der Waals surface area contributed by atoms with Crippen LogP contribution in [0.25, 0.3) is 22.7 Å². The first-order valence-corrected chi connectivity index (χ1v) is 16.6. The summed E-state index contributed by atoms with van der Waals surface area (Å²) in [5.74, 6) is 6.05. The van der Waals surface area contributed by atoms with Gasteiger partial charge in [-0.05, 0) is 92.6 Å². The molecule has 0 saturated heterocycles. The molecule has 3 aromatic heterocycles. The van der Waals surface area contributed by atoms with Gasteiger partial charge >= 0.3 is 5.97 Å². The molecule has 0 spiro atoms. The number of halogens is 1. The fraction of sp³-hybridized carbons (Fsp3) is 0.235. The lowest BCUT2D eigenvalue weighted by Crippen LogP contribution is -2.14. The molecule has 6 rings (SSSR count). The Morgan fingerprint density at radius 1 is 1.13 bits per heavy atom. The van der Waals surface area contributed by atoms with Crippen molar-refractivity contribution in [3.63, 3.8) is 0 Å². The Morgan fingerprint density at radius 2 is 1.93 bits per heavy atom. The highest BCUT2D eigenvalue weighted by molar-refractivity contribution is 7.89. The first-order chi connectivity index (χ1) is 21.5. The van der Waals surface area contributed by atoms with Crippen LogP contribution in [0, 0.1) is 37.4 Å². The molecular weight excluding hydrogens is 614 g/mol. The Balaban J connectivity index is 1.51. The van der Waals surface area contributed by atoms with Gasteiger partial charge < -0.3 is 13.7 Å². The second-order valence-corrected chi connectivity index (χ2v) is 13.9. The maximum absolute atomic E-state index is 14.9. The molecule has 0 unspecified atom stereocenters. The van der Waals surface area contributed by atoms with E-state index in [2.05, 4.69) is 21.4 Å². The minimum atomic E-state index is -4.21. The SMILES string of the molecule is COC(=O)c1nc(-c2cc(-c3cccc(C#Cc4ccc(C)s4)c3)n(Cc3ccc(S(N)(=O)=O)c(F)c3)c2CC2CC2)oc1C. The van der Waals surface area contributed by atoms with Gasteiger partial charge in [-0.15, -0.1) is 11.3 Å². The molecule has 0 amide bonds. The van der Waals surface area contributed by atoms with Crippen molar-refractivity contribution >= 4 is 27.3 Å². The molecule has 45 heavy (non-hydrogen) atoms. The number of aromatic nitrogens is 2. The number of esters is 1. The summed E-state index contributed by atoms with van der Waals surface area (Å²) in [7, 11) is -2.92. The molecule has 0 bridgehead atoms. The first-order valence-electron chi connectivity index (χ1n) is 14.3. The van der Waals surface area contributed by atoms with Crippen LogP contribution in [0.1, 0.15) is 55.7 Å². The highest BCUT2D eigenvalue weighted by atomic mass is 32.2. The van der Waals surface area contributed by atoms with Crippen molar-refractivity contribution in [2.75, 3.05) is 7.11 Å². The summed E-state index contributed by atoms with van der Waals surface area (Å²) >= 11 is 1.63. The molecule has 2 aromatic carbocycles. The van der Waals surface area contributed by atoms with E-state index in [1.165, 1.54) is 24.1 Å². The van der Waals surface area contributed by atoms with Crippen LogP contribution in [0.5, 0.6) is 0 Å². The van der Waals surface area contributed by atoms with Gasteiger partial charge in [-0.3, -0.25) is 0 Å². The van der Waals surface area contributed by atoms with Gasteiger partial charge in [-0.25, -0.2) is 27.7 Å². The van der Waals surface area contributed by atoms with Gasteiger partial charge in [0.25, 0.3) is 0 Å². The minimum absolute atomic E-state index is 0.0981.